The van der Waals surface area contributed by atoms with E-state index in [9.17, 15) is 9.59 Å². The number of nitrogens with one attached hydrogen (secondary N) is 1. The second-order valence-electron chi connectivity index (χ2n) is 6.11. The topological polar surface area (TPSA) is 67.9 Å². The van der Waals surface area contributed by atoms with E-state index in [4.69, 9.17) is 4.84 Å². The maximum atomic E-state index is 12.0. The Morgan fingerprint density at radius 1 is 1.04 bits per heavy atom. The van der Waals surface area contributed by atoms with Crippen LogP contribution >= 0.6 is 0 Å². The van der Waals surface area contributed by atoms with E-state index in [1.165, 1.54) is 16.0 Å². The van der Waals surface area contributed by atoms with Gasteiger partial charge in [-0.05, 0) is 42.2 Å². The predicted molar refractivity (Wildman–Crippen MR) is 101 cm³/mol. The lowest BCUT2D eigenvalue weighted by atomic mass is 10.2. The molecule has 2 aliphatic rings. The first kappa shape index (κ1) is 19.3. The molecule has 0 bridgehead atoms. The van der Waals surface area contributed by atoms with Crippen LogP contribution < -0.4 is 10.4 Å². The Balaban J connectivity index is 0.000000331. The third-order valence-corrected chi connectivity index (χ3v) is 3.45. The van der Waals surface area contributed by atoms with E-state index in [0.29, 0.717) is 12.2 Å². The number of carbonyl (C=O) groups is 2. The monoisotopic (exact) mass is 356 g/mol. The lowest BCUT2D eigenvalue weighted by molar-refractivity contribution is 0.0689. The number of carbonyl (C=O) groups excluding carboxylic acids is 2. The summed E-state index contributed by atoms with van der Waals surface area (Å²) in [5.41, 5.74) is 5.51. The number of hydrogen-bond acceptors (Lipinski definition) is 4. The van der Waals surface area contributed by atoms with Crippen LogP contribution in [0.15, 0.2) is 54.6 Å². The Kier molecular flexibility index (Phi) is 7.02. The first-order valence-corrected chi connectivity index (χ1v) is 8.57. The maximum Gasteiger partial charge on any atom is 0.440 e. The van der Waals surface area contributed by atoms with E-state index < -0.39 is 12.2 Å². The van der Waals surface area contributed by atoms with Gasteiger partial charge >= 0.3 is 12.2 Å². The second kappa shape index (κ2) is 9.46. The first-order valence-electron chi connectivity index (χ1n) is 8.57. The van der Waals surface area contributed by atoms with Crippen LogP contribution in [-0.4, -0.2) is 25.3 Å². The van der Waals surface area contributed by atoms with E-state index >= 15 is 0 Å². The third kappa shape index (κ3) is 6.12. The number of fused-ring (bicyclic) bond motifs is 1. The fraction of sp³-hybridized carbons (Fsp3) is 0.300. The van der Waals surface area contributed by atoms with Gasteiger partial charge in [-0.1, -0.05) is 50.2 Å². The predicted octanol–water partition coefficient (Wildman–Crippen LogP) is 4.61. The Labute approximate surface area is 153 Å². The van der Waals surface area contributed by atoms with Gasteiger partial charge in [0.15, 0.2) is 0 Å². The molecule has 0 atom stereocenters. The molecule has 0 radical (unpaired) electrons. The van der Waals surface area contributed by atoms with Crippen molar-refractivity contribution in [2.75, 3.05) is 18.1 Å². The van der Waals surface area contributed by atoms with Crippen LogP contribution in [0.5, 0.6) is 0 Å². The molecular formula is C20H24N2O4. The minimum atomic E-state index is -0.793. The smallest absolute Gasteiger partial charge is 0.440 e. The van der Waals surface area contributed by atoms with E-state index in [0.717, 1.165) is 0 Å². The molecule has 0 spiro atoms. The number of rotatable bonds is 4. The molecule has 1 aromatic carbocycles. The van der Waals surface area contributed by atoms with Gasteiger partial charge in [0.2, 0.25) is 0 Å². The van der Waals surface area contributed by atoms with Gasteiger partial charge in [0, 0.05) is 12.2 Å². The van der Waals surface area contributed by atoms with Gasteiger partial charge in [0.25, 0.3) is 0 Å². The molecule has 1 aromatic rings. The lowest BCUT2D eigenvalue weighted by Crippen LogP contribution is -2.39. The fourth-order valence-corrected chi connectivity index (χ4v) is 2.23. The molecule has 0 aliphatic heterocycles. The zero-order valence-electron chi connectivity index (χ0n) is 15.3. The number of anilines is 1. The van der Waals surface area contributed by atoms with Crippen molar-refractivity contribution >= 4 is 17.9 Å². The van der Waals surface area contributed by atoms with Crippen molar-refractivity contribution in [1.29, 1.82) is 0 Å². The van der Waals surface area contributed by atoms with Crippen LogP contribution in [0.4, 0.5) is 15.3 Å². The van der Waals surface area contributed by atoms with Crippen LogP contribution in [0, 0.1) is 5.92 Å². The largest absolute Gasteiger partial charge is 0.448 e. The summed E-state index contributed by atoms with van der Waals surface area (Å²) in [6.45, 7) is 6.32. The number of benzene rings is 2. The van der Waals surface area contributed by atoms with Crippen LogP contribution in [0.1, 0.15) is 20.8 Å². The SMILES string of the molecule is CCOC(=O)NOC(=O)N(CC(C)C)c1ccccc1.c1cc2cc-2c1. The average molecular weight is 356 g/mol. The molecule has 0 aromatic heterocycles. The molecule has 3 rings (SSSR count). The minimum absolute atomic E-state index is 0.206. The van der Waals surface area contributed by atoms with Crippen molar-refractivity contribution in [3.8, 4) is 11.1 Å². The van der Waals surface area contributed by atoms with E-state index in [2.05, 4.69) is 29.0 Å². The fourth-order valence-electron chi connectivity index (χ4n) is 2.23. The molecule has 0 saturated heterocycles. The molecule has 1 N–H and O–H groups in total. The summed E-state index contributed by atoms with van der Waals surface area (Å²) in [6.07, 6.45) is -1.45. The molecule has 6 nitrogen and oxygen atoms in total. The maximum absolute atomic E-state index is 12.0. The number of hydroxylamine groups is 1. The Bertz CT molecular complexity index is 714. The Hall–Kier alpha value is -3.02. The van der Waals surface area contributed by atoms with Crippen LogP contribution in [0.25, 0.3) is 11.1 Å². The molecule has 6 heteroatoms. The molecule has 0 saturated carbocycles. The zero-order valence-corrected chi connectivity index (χ0v) is 15.3. The van der Waals surface area contributed by atoms with Gasteiger partial charge in [0.1, 0.15) is 0 Å². The molecule has 2 amide bonds. The summed E-state index contributed by atoms with van der Waals surface area (Å²) < 4.78 is 4.61. The van der Waals surface area contributed by atoms with Crippen molar-refractivity contribution in [2.24, 2.45) is 5.92 Å². The van der Waals surface area contributed by atoms with Gasteiger partial charge in [-0.15, -0.1) is 5.48 Å². The van der Waals surface area contributed by atoms with Crippen LogP contribution in [0.2, 0.25) is 0 Å². The van der Waals surface area contributed by atoms with Crippen molar-refractivity contribution < 1.29 is 19.2 Å². The van der Waals surface area contributed by atoms with Crippen molar-refractivity contribution in [3.63, 3.8) is 0 Å². The van der Waals surface area contributed by atoms with Gasteiger partial charge in [-0.3, -0.25) is 4.90 Å². The summed E-state index contributed by atoms with van der Waals surface area (Å²) in [5, 5.41) is 0. The van der Waals surface area contributed by atoms with E-state index in [1.807, 2.05) is 37.5 Å². The highest BCUT2D eigenvalue weighted by Crippen LogP contribution is 2.32. The molecule has 0 heterocycles. The summed E-state index contributed by atoms with van der Waals surface area (Å²) in [4.78, 5) is 29.3. The normalized spacial score (nSPS) is 10.3. The molecule has 26 heavy (non-hydrogen) atoms. The number of nitrogens with zero attached hydrogens (tertiary/aromatic N) is 1. The quantitative estimate of drug-likeness (QED) is 0.693. The number of ether oxygens (including phenoxy) is 1. The summed E-state index contributed by atoms with van der Waals surface area (Å²) in [6, 6.07) is 17.6. The van der Waals surface area contributed by atoms with Crippen molar-refractivity contribution in [3.05, 3.63) is 54.6 Å². The highest BCUT2D eigenvalue weighted by Gasteiger charge is 2.19. The standard InChI is InChI=1S/C14H20N2O4.C6H4/c1-4-19-13(17)15-20-14(18)16(10-11(2)3)12-8-6-5-7-9-12;1-2-5-4-6(5)3-1/h5-9,11H,4,10H2,1-3H3,(H,15,17);1-4H. The number of hydrogen-bond donors (Lipinski definition) is 1. The van der Waals surface area contributed by atoms with Crippen molar-refractivity contribution in [1.82, 2.24) is 5.48 Å². The Morgan fingerprint density at radius 2 is 1.69 bits per heavy atom. The van der Waals surface area contributed by atoms with Gasteiger partial charge in [-0.2, -0.15) is 0 Å². The first-order chi connectivity index (χ1) is 12.5. The van der Waals surface area contributed by atoms with Gasteiger partial charge in [-0.25, -0.2) is 9.59 Å². The number of amides is 2. The van der Waals surface area contributed by atoms with Crippen LogP contribution in [0.3, 0.4) is 0 Å². The Morgan fingerprint density at radius 3 is 2.15 bits per heavy atom. The molecule has 2 aliphatic carbocycles. The van der Waals surface area contributed by atoms with E-state index in [1.54, 1.807) is 19.1 Å². The molecular weight excluding hydrogens is 332 g/mol. The summed E-state index contributed by atoms with van der Waals surface area (Å²) in [5.74, 6) is 0.255. The van der Waals surface area contributed by atoms with E-state index in [-0.39, 0.29) is 12.5 Å². The van der Waals surface area contributed by atoms with Gasteiger partial charge in [0.05, 0.1) is 6.61 Å². The van der Waals surface area contributed by atoms with Gasteiger partial charge < -0.3 is 9.57 Å². The lowest BCUT2D eigenvalue weighted by Gasteiger charge is -2.23. The summed E-state index contributed by atoms with van der Waals surface area (Å²) >= 11 is 0. The second-order valence-corrected chi connectivity index (χ2v) is 6.11. The molecule has 0 unspecified atom stereocenters. The summed E-state index contributed by atoms with van der Waals surface area (Å²) in [7, 11) is 0. The zero-order chi connectivity index (χ0) is 18.9. The van der Waals surface area contributed by atoms with Crippen LogP contribution in [-0.2, 0) is 9.57 Å². The molecule has 0 fully saturated rings. The minimum Gasteiger partial charge on any atom is -0.448 e. The highest BCUT2D eigenvalue weighted by atomic mass is 16.7. The van der Waals surface area contributed by atoms with Crippen molar-refractivity contribution in [2.45, 2.75) is 20.8 Å². The third-order valence-electron chi connectivity index (χ3n) is 3.45. The average Bonchev–Trinajstić information content (AvgIpc) is 3.24. The number of para-hydroxylation sites is 1. The highest BCUT2D eigenvalue weighted by molar-refractivity contribution is 5.88. The molecule has 138 valence electrons.